The van der Waals surface area contributed by atoms with Gasteiger partial charge in [-0.3, -0.25) is 9.59 Å². The highest BCUT2D eigenvalue weighted by Crippen LogP contribution is 2.10. The molecule has 0 saturated heterocycles. The van der Waals surface area contributed by atoms with E-state index in [0.29, 0.717) is 0 Å². The summed E-state index contributed by atoms with van der Waals surface area (Å²) in [7, 11) is 0. The van der Waals surface area contributed by atoms with E-state index in [1.165, 1.54) is 4.90 Å². The van der Waals surface area contributed by atoms with E-state index in [-0.39, 0.29) is 65.6 Å². The Kier molecular flexibility index (Phi) is 14.0. The number of hydrogen-bond donors (Lipinski definition) is 4. The van der Waals surface area contributed by atoms with Crippen molar-refractivity contribution in [1.82, 2.24) is 4.90 Å². The summed E-state index contributed by atoms with van der Waals surface area (Å²) in [5, 5.41) is 36.0. The lowest BCUT2D eigenvalue weighted by Gasteiger charge is -2.27. The lowest BCUT2D eigenvalue weighted by Crippen LogP contribution is -2.41. The molecule has 0 atom stereocenters. The third kappa shape index (κ3) is 13.3. The minimum absolute atomic E-state index is 0.0168. The second-order valence-electron chi connectivity index (χ2n) is 7.78. The first-order valence-corrected chi connectivity index (χ1v) is 9.78. The minimum Gasteiger partial charge on any atom is -0.464 e. The monoisotopic (exact) mass is 437 g/mol. The van der Waals surface area contributed by atoms with Gasteiger partial charge in [-0.25, -0.2) is 4.79 Å². The van der Waals surface area contributed by atoms with Crippen molar-refractivity contribution in [3.05, 3.63) is 0 Å². The molecule has 0 bridgehead atoms. The fourth-order valence-electron chi connectivity index (χ4n) is 2.12. The van der Waals surface area contributed by atoms with Gasteiger partial charge in [0.1, 0.15) is 18.8 Å². The van der Waals surface area contributed by atoms with E-state index < -0.39 is 35.5 Å². The molecule has 0 aromatic rings. The molecule has 176 valence electrons. The summed E-state index contributed by atoms with van der Waals surface area (Å²) in [6, 6.07) is 0. The van der Waals surface area contributed by atoms with Gasteiger partial charge in [0.2, 0.25) is 0 Å². The summed E-state index contributed by atoms with van der Waals surface area (Å²) in [6.45, 7) is 3.34. The summed E-state index contributed by atoms with van der Waals surface area (Å²) in [4.78, 5) is 37.0. The van der Waals surface area contributed by atoms with Crippen LogP contribution in [0.1, 0.15) is 33.6 Å². The molecule has 0 heterocycles. The number of hydrogen-bond acceptors (Lipinski definition) is 10. The van der Waals surface area contributed by atoms with E-state index in [9.17, 15) is 14.4 Å². The molecule has 0 aliphatic heterocycles. The van der Waals surface area contributed by atoms with Crippen molar-refractivity contribution in [3.8, 4) is 0 Å². The van der Waals surface area contributed by atoms with Gasteiger partial charge in [0.25, 0.3) is 0 Å². The Morgan fingerprint density at radius 2 is 1.13 bits per heavy atom. The molecule has 1 amide bonds. The average molecular weight is 437 g/mol. The quantitative estimate of drug-likeness (QED) is 0.202. The number of carbonyl (C=O) groups excluding carboxylic acids is 3. The van der Waals surface area contributed by atoms with Gasteiger partial charge >= 0.3 is 18.0 Å². The lowest BCUT2D eigenvalue weighted by atomic mass is 10.1. The Morgan fingerprint density at radius 1 is 0.767 bits per heavy atom. The minimum atomic E-state index is -0.756. The fraction of sp³-hybridized carbons (Fsp3) is 0.842. The van der Waals surface area contributed by atoms with Crippen molar-refractivity contribution in [3.63, 3.8) is 0 Å². The van der Waals surface area contributed by atoms with Crippen LogP contribution >= 0.6 is 0 Å². The smallest absolute Gasteiger partial charge is 0.410 e. The van der Waals surface area contributed by atoms with Crippen LogP contribution < -0.4 is 0 Å². The molecule has 0 spiro atoms. The van der Waals surface area contributed by atoms with Gasteiger partial charge in [0.15, 0.2) is 0 Å². The van der Waals surface area contributed by atoms with E-state index in [1.807, 2.05) is 0 Å². The predicted molar refractivity (Wildman–Crippen MR) is 104 cm³/mol. The molecule has 11 heteroatoms. The first-order chi connectivity index (χ1) is 14.1. The molecule has 0 aromatic heterocycles. The standard InChI is InChI=1S/C19H35NO10/c1-19(2,3)30-18(27)20(4-6-28-16(25)8-14(10-21)11-22)5-7-29-17(26)9-15(12-23)13-24/h14-15,21-24H,4-13H2,1-3H3. The maximum atomic E-state index is 12.3. The SMILES string of the molecule is CC(C)(C)OC(=O)N(CCOC(=O)CC(CO)CO)CCOC(=O)CC(CO)CO. The molecule has 0 aliphatic carbocycles. The Labute approximate surface area is 176 Å². The number of amides is 1. The highest BCUT2D eigenvalue weighted by molar-refractivity contribution is 5.71. The lowest BCUT2D eigenvalue weighted by molar-refractivity contribution is -0.146. The zero-order valence-electron chi connectivity index (χ0n) is 17.9. The second-order valence-corrected chi connectivity index (χ2v) is 7.78. The van der Waals surface area contributed by atoms with Gasteiger partial charge in [-0.15, -0.1) is 0 Å². The highest BCUT2D eigenvalue weighted by atomic mass is 16.6. The van der Waals surface area contributed by atoms with Crippen LogP contribution in [0.3, 0.4) is 0 Å². The van der Waals surface area contributed by atoms with Crippen LogP contribution in [-0.2, 0) is 23.8 Å². The zero-order valence-corrected chi connectivity index (χ0v) is 17.9. The average Bonchev–Trinajstić information content (AvgIpc) is 2.67. The first kappa shape index (κ1) is 28.1. The highest BCUT2D eigenvalue weighted by Gasteiger charge is 2.23. The molecular formula is C19H35NO10. The van der Waals surface area contributed by atoms with Crippen molar-refractivity contribution in [2.24, 2.45) is 11.8 Å². The molecular weight excluding hydrogens is 402 g/mol. The van der Waals surface area contributed by atoms with Crippen LogP contribution in [0.25, 0.3) is 0 Å². The van der Waals surface area contributed by atoms with Crippen LogP contribution in [-0.4, -0.2) is 102 Å². The van der Waals surface area contributed by atoms with E-state index >= 15 is 0 Å². The molecule has 0 rings (SSSR count). The van der Waals surface area contributed by atoms with E-state index in [4.69, 9.17) is 34.6 Å². The Balaban J connectivity index is 4.64. The van der Waals surface area contributed by atoms with Crippen LogP contribution in [0.2, 0.25) is 0 Å². The van der Waals surface area contributed by atoms with E-state index in [1.54, 1.807) is 20.8 Å². The summed E-state index contributed by atoms with van der Waals surface area (Å²) in [5.74, 6) is -2.48. The van der Waals surface area contributed by atoms with Crippen molar-refractivity contribution in [1.29, 1.82) is 0 Å². The van der Waals surface area contributed by atoms with Gasteiger partial charge in [-0.05, 0) is 20.8 Å². The molecule has 0 aromatic carbocycles. The number of carbonyl (C=O) groups is 3. The number of aliphatic hydroxyl groups is 4. The Bertz CT molecular complexity index is 480. The van der Waals surface area contributed by atoms with Crippen molar-refractivity contribution < 1.29 is 49.0 Å². The molecule has 0 radical (unpaired) electrons. The molecule has 11 nitrogen and oxygen atoms in total. The molecule has 0 fully saturated rings. The normalized spacial score (nSPS) is 11.5. The van der Waals surface area contributed by atoms with E-state index in [2.05, 4.69) is 0 Å². The maximum Gasteiger partial charge on any atom is 0.410 e. The molecule has 0 aliphatic rings. The number of nitrogens with zero attached hydrogens (tertiary/aromatic N) is 1. The van der Waals surface area contributed by atoms with Gasteiger partial charge in [0, 0.05) is 38.3 Å². The number of esters is 2. The van der Waals surface area contributed by atoms with Crippen molar-refractivity contribution in [2.75, 3.05) is 52.7 Å². The van der Waals surface area contributed by atoms with Crippen molar-refractivity contribution >= 4 is 18.0 Å². The number of aliphatic hydroxyl groups excluding tert-OH is 4. The van der Waals surface area contributed by atoms with Crippen LogP contribution in [0.5, 0.6) is 0 Å². The molecule has 30 heavy (non-hydrogen) atoms. The first-order valence-electron chi connectivity index (χ1n) is 9.78. The van der Waals surface area contributed by atoms with Crippen LogP contribution in [0, 0.1) is 11.8 Å². The second kappa shape index (κ2) is 14.9. The van der Waals surface area contributed by atoms with Gasteiger partial charge in [-0.2, -0.15) is 0 Å². The fourth-order valence-corrected chi connectivity index (χ4v) is 2.12. The van der Waals surface area contributed by atoms with E-state index in [0.717, 1.165) is 0 Å². The summed E-state index contributed by atoms with van der Waals surface area (Å²) in [5.41, 5.74) is -0.756. The third-order valence-electron chi connectivity index (χ3n) is 3.84. The molecule has 0 unspecified atom stereocenters. The van der Waals surface area contributed by atoms with Crippen molar-refractivity contribution in [2.45, 2.75) is 39.2 Å². The third-order valence-corrected chi connectivity index (χ3v) is 3.84. The largest absolute Gasteiger partial charge is 0.464 e. The summed E-state index contributed by atoms with van der Waals surface area (Å²) >= 11 is 0. The maximum absolute atomic E-state index is 12.3. The number of rotatable bonds is 14. The Hall–Kier alpha value is -1.95. The van der Waals surface area contributed by atoms with Gasteiger partial charge in [0.05, 0.1) is 25.9 Å². The zero-order chi connectivity index (χ0) is 23.2. The molecule has 4 N–H and O–H groups in total. The predicted octanol–water partition coefficient (Wildman–Crippen LogP) is -0.708. The van der Waals surface area contributed by atoms with Gasteiger partial charge in [-0.1, -0.05) is 0 Å². The summed E-state index contributed by atoms with van der Waals surface area (Å²) < 4.78 is 15.3. The number of ether oxygens (including phenoxy) is 3. The topological polar surface area (TPSA) is 163 Å². The Morgan fingerprint density at radius 3 is 1.43 bits per heavy atom. The summed E-state index contributed by atoms with van der Waals surface area (Å²) in [6.07, 6.45) is -0.997. The van der Waals surface area contributed by atoms with Crippen LogP contribution in [0.4, 0.5) is 4.79 Å². The van der Waals surface area contributed by atoms with Gasteiger partial charge < -0.3 is 39.5 Å². The molecule has 0 saturated carbocycles. The van der Waals surface area contributed by atoms with Crippen LogP contribution in [0.15, 0.2) is 0 Å².